The quantitative estimate of drug-likeness (QED) is 0.758. The van der Waals surface area contributed by atoms with Gasteiger partial charge in [0.05, 0.1) is 0 Å². The van der Waals surface area contributed by atoms with Crippen LogP contribution in [-0.4, -0.2) is 13.3 Å². The molecule has 2 aromatic rings. The molecule has 3 rings (SSSR count). The molecule has 0 radical (unpaired) electrons. The van der Waals surface area contributed by atoms with E-state index in [1.54, 1.807) is 0 Å². The molecule has 1 heterocycles. The lowest BCUT2D eigenvalue weighted by atomic mass is 9.81. The molecule has 0 atom stereocenters. The molecule has 1 aliphatic heterocycles. The van der Waals surface area contributed by atoms with Crippen LogP contribution in [0.15, 0.2) is 48.2 Å². The molecule has 0 spiro atoms. The third-order valence-electron chi connectivity index (χ3n) is 4.14. The van der Waals surface area contributed by atoms with Gasteiger partial charge in [-0.3, -0.25) is 0 Å². The Kier molecular flexibility index (Phi) is 2.49. The standard InChI is InChI=1S/C17H18N2/c1-17(2)15(10-11-18)19(3)14-9-8-12-6-4-5-7-13(12)16(14)17/h4-11,18H,1-3H3/b15-10-,18-11?. The Labute approximate surface area is 113 Å². The average molecular weight is 250 g/mol. The van der Waals surface area contributed by atoms with E-state index in [-0.39, 0.29) is 5.41 Å². The second-order valence-corrected chi connectivity index (χ2v) is 5.58. The van der Waals surface area contributed by atoms with Crippen molar-refractivity contribution in [2.24, 2.45) is 0 Å². The first-order valence-corrected chi connectivity index (χ1v) is 6.54. The van der Waals surface area contributed by atoms with E-state index in [1.807, 2.05) is 6.08 Å². The number of benzene rings is 2. The van der Waals surface area contributed by atoms with Gasteiger partial charge >= 0.3 is 0 Å². The van der Waals surface area contributed by atoms with Crippen molar-refractivity contribution in [3.05, 3.63) is 53.7 Å². The van der Waals surface area contributed by atoms with Gasteiger partial charge in [-0.05, 0) is 28.5 Å². The smallest absolute Gasteiger partial charge is 0.0454 e. The summed E-state index contributed by atoms with van der Waals surface area (Å²) in [7, 11) is 2.08. The summed E-state index contributed by atoms with van der Waals surface area (Å²) in [6.45, 7) is 4.47. The molecule has 1 aliphatic rings. The van der Waals surface area contributed by atoms with E-state index in [9.17, 15) is 0 Å². The first kappa shape index (κ1) is 12.0. The lowest BCUT2D eigenvalue weighted by molar-refractivity contribution is 0.646. The minimum absolute atomic E-state index is 0.0670. The Hall–Kier alpha value is -2.09. The van der Waals surface area contributed by atoms with Crippen molar-refractivity contribution >= 4 is 22.7 Å². The van der Waals surface area contributed by atoms with Crippen LogP contribution < -0.4 is 4.90 Å². The zero-order valence-electron chi connectivity index (χ0n) is 11.6. The minimum Gasteiger partial charge on any atom is -0.347 e. The topological polar surface area (TPSA) is 27.1 Å². The number of nitrogens with zero attached hydrogens (tertiary/aromatic N) is 1. The summed E-state index contributed by atoms with van der Waals surface area (Å²) < 4.78 is 0. The number of nitrogens with one attached hydrogen (secondary N) is 1. The molecule has 19 heavy (non-hydrogen) atoms. The third-order valence-corrected chi connectivity index (χ3v) is 4.14. The van der Waals surface area contributed by atoms with Gasteiger partial charge in [0.25, 0.3) is 0 Å². The highest BCUT2D eigenvalue weighted by molar-refractivity contribution is 5.95. The van der Waals surface area contributed by atoms with Gasteiger partial charge in [0, 0.05) is 30.1 Å². The summed E-state index contributed by atoms with van der Waals surface area (Å²) in [5.41, 5.74) is 3.72. The van der Waals surface area contributed by atoms with Crippen LogP contribution in [0.3, 0.4) is 0 Å². The number of likely N-dealkylation sites (N-methyl/N-ethyl adjacent to an activating group) is 1. The lowest BCUT2D eigenvalue weighted by Crippen LogP contribution is -2.23. The molecule has 0 aliphatic carbocycles. The van der Waals surface area contributed by atoms with Crippen LogP contribution in [-0.2, 0) is 5.41 Å². The highest BCUT2D eigenvalue weighted by atomic mass is 15.2. The van der Waals surface area contributed by atoms with Crippen LogP contribution in [0.1, 0.15) is 19.4 Å². The van der Waals surface area contributed by atoms with E-state index in [0.29, 0.717) is 0 Å². The Bertz CT molecular complexity index is 695. The maximum Gasteiger partial charge on any atom is 0.0454 e. The summed E-state index contributed by atoms with van der Waals surface area (Å²) in [6, 6.07) is 12.9. The molecule has 96 valence electrons. The number of hydrogen-bond donors (Lipinski definition) is 1. The van der Waals surface area contributed by atoms with E-state index < -0.39 is 0 Å². The first-order chi connectivity index (χ1) is 9.07. The van der Waals surface area contributed by atoms with Gasteiger partial charge in [-0.15, -0.1) is 0 Å². The number of rotatable bonds is 1. The molecule has 2 nitrogen and oxygen atoms in total. The van der Waals surface area contributed by atoms with E-state index in [0.717, 1.165) is 0 Å². The van der Waals surface area contributed by atoms with Crippen molar-refractivity contribution in [3.8, 4) is 0 Å². The summed E-state index contributed by atoms with van der Waals surface area (Å²) in [4.78, 5) is 2.20. The molecule has 2 aromatic carbocycles. The molecule has 0 saturated heterocycles. The van der Waals surface area contributed by atoms with Crippen LogP contribution in [0.5, 0.6) is 0 Å². The van der Waals surface area contributed by atoms with E-state index in [2.05, 4.69) is 62.2 Å². The van der Waals surface area contributed by atoms with Crippen molar-refractivity contribution in [1.29, 1.82) is 5.41 Å². The van der Waals surface area contributed by atoms with Gasteiger partial charge in [0.15, 0.2) is 0 Å². The maximum atomic E-state index is 7.38. The van der Waals surface area contributed by atoms with Crippen LogP contribution in [0, 0.1) is 5.41 Å². The van der Waals surface area contributed by atoms with Crippen molar-refractivity contribution in [1.82, 2.24) is 0 Å². The second-order valence-electron chi connectivity index (χ2n) is 5.58. The van der Waals surface area contributed by atoms with Gasteiger partial charge in [-0.1, -0.05) is 44.2 Å². The SMILES string of the molecule is CN1/C(=C\C=N)C(C)(C)c2c1ccc1ccccc21. The molecular formula is C17H18N2. The number of allylic oxidation sites excluding steroid dienone is 2. The fourth-order valence-corrected chi connectivity index (χ4v) is 3.27. The summed E-state index contributed by atoms with van der Waals surface area (Å²) >= 11 is 0. The van der Waals surface area contributed by atoms with Crippen LogP contribution >= 0.6 is 0 Å². The molecule has 0 bridgehead atoms. The molecule has 1 N–H and O–H groups in total. The normalized spacial score (nSPS) is 18.9. The van der Waals surface area contributed by atoms with Crippen molar-refractivity contribution < 1.29 is 0 Å². The molecule has 0 unspecified atom stereocenters. The van der Waals surface area contributed by atoms with E-state index in [1.165, 1.54) is 33.9 Å². The minimum atomic E-state index is -0.0670. The lowest BCUT2D eigenvalue weighted by Gasteiger charge is -2.24. The average Bonchev–Trinajstić information content (AvgIpc) is 2.60. The maximum absolute atomic E-state index is 7.38. The molecule has 0 aromatic heterocycles. The van der Waals surface area contributed by atoms with E-state index >= 15 is 0 Å². The zero-order chi connectivity index (χ0) is 13.6. The monoisotopic (exact) mass is 250 g/mol. The molecule has 0 fully saturated rings. The van der Waals surface area contributed by atoms with Crippen molar-refractivity contribution in [3.63, 3.8) is 0 Å². The molecule has 2 heteroatoms. The van der Waals surface area contributed by atoms with Crippen LogP contribution in [0.2, 0.25) is 0 Å². The predicted molar refractivity (Wildman–Crippen MR) is 82.2 cm³/mol. The van der Waals surface area contributed by atoms with Gasteiger partial charge in [0.1, 0.15) is 0 Å². The predicted octanol–water partition coefficient (Wildman–Crippen LogP) is 4.10. The Morgan fingerprint density at radius 3 is 2.58 bits per heavy atom. The van der Waals surface area contributed by atoms with Gasteiger partial charge in [0.2, 0.25) is 0 Å². The first-order valence-electron chi connectivity index (χ1n) is 6.54. The number of anilines is 1. The Morgan fingerprint density at radius 2 is 1.84 bits per heavy atom. The Morgan fingerprint density at radius 1 is 1.11 bits per heavy atom. The summed E-state index contributed by atoms with van der Waals surface area (Å²) in [5.74, 6) is 0. The zero-order valence-corrected chi connectivity index (χ0v) is 11.6. The Balaban J connectivity index is 2.40. The van der Waals surface area contributed by atoms with Gasteiger partial charge in [-0.25, -0.2) is 0 Å². The highest BCUT2D eigenvalue weighted by Gasteiger charge is 2.39. The van der Waals surface area contributed by atoms with Gasteiger partial charge < -0.3 is 10.3 Å². The number of hydrogen-bond acceptors (Lipinski definition) is 2. The fraction of sp³-hybridized carbons (Fsp3) is 0.235. The van der Waals surface area contributed by atoms with Gasteiger partial charge in [-0.2, -0.15) is 0 Å². The summed E-state index contributed by atoms with van der Waals surface area (Å²) in [6.07, 6.45) is 3.27. The summed E-state index contributed by atoms with van der Waals surface area (Å²) in [5, 5.41) is 9.96. The molecule has 0 amide bonds. The third kappa shape index (κ3) is 1.53. The van der Waals surface area contributed by atoms with Crippen molar-refractivity contribution in [2.75, 3.05) is 11.9 Å². The molecular weight excluding hydrogens is 232 g/mol. The fourth-order valence-electron chi connectivity index (χ4n) is 3.27. The highest BCUT2D eigenvalue weighted by Crippen LogP contribution is 2.49. The largest absolute Gasteiger partial charge is 0.347 e. The van der Waals surface area contributed by atoms with Crippen LogP contribution in [0.4, 0.5) is 5.69 Å². The van der Waals surface area contributed by atoms with Crippen molar-refractivity contribution in [2.45, 2.75) is 19.3 Å². The molecule has 0 saturated carbocycles. The number of fused-ring (bicyclic) bond motifs is 3. The van der Waals surface area contributed by atoms with E-state index in [4.69, 9.17) is 5.41 Å². The van der Waals surface area contributed by atoms with Crippen LogP contribution in [0.25, 0.3) is 10.8 Å². The second kappa shape index (κ2) is 3.95.